The number of hydrogen-bond donors (Lipinski definition) is 2. The minimum atomic E-state index is -0.646. The van der Waals surface area contributed by atoms with Gasteiger partial charge in [0.2, 0.25) is 5.88 Å². The van der Waals surface area contributed by atoms with Crippen molar-refractivity contribution in [1.82, 2.24) is 25.5 Å². The van der Waals surface area contributed by atoms with Gasteiger partial charge in [-0.1, -0.05) is 35.6 Å². The molecular weight excluding hydrogens is 486 g/mol. The molecule has 11 heteroatoms. The SMILES string of the molecule is Cc1nnc(-c2ccc([C@H](COc3nc[nH]c(=O)c3Br)NC(=O)OC(C)(C)C)cc2)s1. The highest BCUT2D eigenvalue weighted by atomic mass is 79.9. The van der Waals surface area contributed by atoms with Gasteiger partial charge in [0.1, 0.15) is 26.7 Å². The van der Waals surface area contributed by atoms with E-state index in [1.54, 1.807) is 20.8 Å². The number of rotatable bonds is 6. The maximum Gasteiger partial charge on any atom is 0.408 e. The van der Waals surface area contributed by atoms with Gasteiger partial charge in [0.15, 0.2) is 0 Å². The summed E-state index contributed by atoms with van der Waals surface area (Å²) in [6.07, 6.45) is 0.667. The fourth-order valence-corrected chi connectivity index (χ4v) is 3.60. The van der Waals surface area contributed by atoms with Gasteiger partial charge in [-0.3, -0.25) is 4.79 Å². The highest BCUT2D eigenvalue weighted by Crippen LogP contribution is 2.26. The predicted molar refractivity (Wildman–Crippen MR) is 120 cm³/mol. The van der Waals surface area contributed by atoms with Gasteiger partial charge in [-0.05, 0) is 49.2 Å². The average molecular weight is 508 g/mol. The zero-order chi connectivity index (χ0) is 22.6. The molecule has 3 aromatic rings. The Morgan fingerprint density at radius 3 is 2.58 bits per heavy atom. The monoisotopic (exact) mass is 507 g/mol. The predicted octanol–water partition coefficient (Wildman–Crippen LogP) is 4.00. The fourth-order valence-electron chi connectivity index (χ4n) is 2.57. The Bertz CT molecular complexity index is 1110. The third-order valence-corrected chi connectivity index (χ3v) is 5.52. The van der Waals surface area contributed by atoms with Crippen LogP contribution in [0.5, 0.6) is 5.88 Å². The summed E-state index contributed by atoms with van der Waals surface area (Å²) in [6, 6.07) is 7.00. The van der Waals surface area contributed by atoms with E-state index >= 15 is 0 Å². The van der Waals surface area contributed by atoms with E-state index in [1.165, 1.54) is 17.7 Å². The van der Waals surface area contributed by atoms with Crippen molar-refractivity contribution in [3.05, 3.63) is 56.0 Å². The lowest BCUT2D eigenvalue weighted by atomic mass is 10.1. The third-order valence-electron chi connectivity index (χ3n) is 3.93. The lowest BCUT2D eigenvalue weighted by molar-refractivity contribution is 0.0486. The number of aromatic nitrogens is 4. The summed E-state index contributed by atoms with van der Waals surface area (Å²) in [7, 11) is 0. The summed E-state index contributed by atoms with van der Waals surface area (Å²) in [5, 5.41) is 12.7. The number of H-pyrrole nitrogens is 1. The van der Waals surface area contributed by atoms with Crippen molar-refractivity contribution in [2.24, 2.45) is 0 Å². The molecule has 9 nitrogen and oxygen atoms in total. The minimum Gasteiger partial charge on any atom is -0.474 e. The Balaban J connectivity index is 1.81. The van der Waals surface area contributed by atoms with Crippen molar-refractivity contribution < 1.29 is 14.3 Å². The van der Waals surface area contributed by atoms with Crippen LogP contribution in [0.25, 0.3) is 10.6 Å². The third kappa shape index (κ3) is 6.34. The van der Waals surface area contributed by atoms with E-state index in [1.807, 2.05) is 31.2 Å². The van der Waals surface area contributed by atoms with Gasteiger partial charge in [0.25, 0.3) is 5.56 Å². The molecule has 164 valence electrons. The maximum absolute atomic E-state index is 12.4. The lowest BCUT2D eigenvalue weighted by Crippen LogP contribution is -2.37. The molecule has 1 atom stereocenters. The van der Waals surface area contributed by atoms with Crippen LogP contribution in [-0.4, -0.2) is 38.5 Å². The number of benzene rings is 1. The molecule has 0 aliphatic heterocycles. The second-order valence-electron chi connectivity index (χ2n) is 7.61. The summed E-state index contributed by atoms with van der Waals surface area (Å²) >= 11 is 4.66. The summed E-state index contributed by atoms with van der Waals surface area (Å²) in [5.41, 5.74) is 0.701. The topological polar surface area (TPSA) is 119 Å². The van der Waals surface area contributed by atoms with Crippen molar-refractivity contribution in [1.29, 1.82) is 0 Å². The molecular formula is C20H22BrN5O4S. The van der Waals surface area contributed by atoms with Crippen LogP contribution < -0.4 is 15.6 Å². The molecule has 3 rings (SSSR count). The molecule has 0 unspecified atom stereocenters. The van der Waals surface area contributed by atoms with Gasteiger partial charge >= 0.3 is 6.09 Å². The van der Waals surface area contributed by atoms with Crippen molar-refractivity contribution in [2.45, 2.75) is 39.3 Å². The minimum absolute atomic E-state index is 0.0333. The molecule has 0 saturated heterocycles. The van der Waals surface area contributed by atoms with Gasteiger partial charge in [0, 0.05) is 5.56 Å². The van der Waals surface area contributed by atoms with Gasteiger partial charge in [0.05, 0.1) is 12.4 Å². The first-order valence-corrected chi connectivity index (χ1v) is 11.0. The van der Waals surface area contributed by atoms with Crippen molar-refractivity contribution in [3.63, 3.8) is 0 Å². The summed E-state index contributed by atoms with van der Waals surface area (Å²) in [5.74, 6) is 0.126. The molecule has 0 aliphatic carbocycles. The molecule has 1 aromatic carbocycles. The van der Waals surface area contributed by atoms with Crippen molar-refractivity contribution in [3.8, 4) is 16.5 Å². The van der Waals surface area contributed by atoms with E-state index in [2.05, 4.69) is 41.4 Å². The first kappa shape index (κ1) is 22.9. The number of nitrogens with one attached hydrogen (secondary N) is 2. The van der Waals surface area contributed by atoms with E-state index < -0.39 is 17.7 Å². The number of hydrogen-bond acceptors (Lipinski definition) is 8. The fraction of sp³-hybridized carbons (Fsp3) is 0.350. The van der Waals surface area contributed by atoms with E-state index in [-0.39, 0.29) is 22.5 Å². The van der Waals surface area contributed by atoms with Crippen LogP contribution in [0.15, 0.2) is 39.9 Å². The van der Waals surface area contributed by atoms with E-state index in [4.69, 9.17) is 9.47 Å². The second-order valence-corrected chi connectivity index (χ2v) is 9.58. The normalized spacial score (nSPS) is 12.3. The average Bonchev–Trinajstić information content (AvgIpc) is 3.13. The highest BCUT2D eigenvalue weighted by molar-refractivity contribution is 9.10. The number of ether oxygens (including phenoxy) is 2. The Morgan fingerprint density at radius 2 is 1.97 bits per heavy atom. The Labute approximate surface area is 191 Å². The lowest BCUT2D eigenvalue weighted by Gasteiger charge is -2.24. The van der Waals surface area contributed by atoms with E-state index in [0.29, 0.717) is 0 Å². The Hall–Kier alpha value is -2.79. The molecule has 0 spiro atoms. The summed E-state index contributed by atoms with van der Waals surface area (Å²) < 4.78 is 11.3. The zero-order valence-electron chi connectivity index (χ0n) is 17.4. The van der Waals surface area contributed by atoms with E-state index in [0.717, 1.165) is 21.1 Å². The van der Waals surface area contributed by atoms with Crippen LogP contribution in [0.3, 0.4) is 0 Å². The molecule has 31 heavy (non-hydrogen) atoms. The molecule has 1 amide bonds. The van der Waals surface area contributed by atoms with Crippen molar-refractivity contribution in [2.75, 3.05) is 6.61 Å². The van der Waals surface area contributed by atoms with Crippen LogP contribution >= 0.6 is 27.3 Å². The first-order chi connectivity index (χ1) is 14.6. The number of nitrogens with zero attached hydrogens (tertiary/aromatic N) is 3. The smallest absolute Gasteiger partial charge is 0.408 e. The molecule has 2 aromatic heterocycles. The van der Waals surface area contributed by atoms with Crippen LogP contribution in [0, 0.1) is 6.92 Å². The zero-order valence-corrected chi connectivity index (χ0v) is 19.8. The number of amides is 1. The standard InChI is InChI=1S/C20H22BrN5O4S/c1-11-25-26-18(31-11)13-7-5-12(6-8-13)14(24-19(28)30-20(2,3)4)9-29-17-15(21)16(27)22-10-23-17/h5-8,10,14H,9H2,1-4H3,(H,24,28)(H,22,23,27)/t14-/m0/s1. The van der Waals surface area contributed by atoms with Crippen LogP contribution in [0.1, 0.15) is 37.4 Å². The van der Waals surface area contributed by atoms with Crippen molar-refractivity contribution >= 4 is 33.4 Å². The first-order valence-electron chi connectivity index (χ1n) is 9.38. The van der Waals surface area contributed by atoms with Gasteiger partial charge in [-0.25, -0.2) is 9.78 Å². The van der Waals surface area contributed by atoms with Crippen LogP contribution in [-0.2, 0) is 4.74 Å². The summed E-state index contributed by atoms with van der Waals surface area (Å²) in [4.78, 5) is 30.6. The maximum atomic E-state index is 12.4. The largest absolute Gasteiger partial charge is 0.474 e. The van der Waals surface area contributed by atoms with Gasteiger partial charge in [-0.15, -0.1) is 10.2 Å². The molecule has 0 fully saturated rings. The number of alkyl carbamates (subject to hydrolysis) is 1. The Kier molecular flexibility index (Phi) is 7.06. The quantitative estimate of drug-likeness (QED) is 0.517. The number of halogens is 1. The highest BCUT2D eigenvalue weighted by Gasteiger charge is 2.22. The second kappa shape index (κ2) is 9.56. The molecule has 2 N–H and O–H groups in total. The molecule has 0 radical (unpaired) electrons. The van der Waals surface area contributed by atoms with E-state index in [9.17, 15) is 9.59 Å². The molecule has 0 aliphatic rings. The molecule has 2 heterocycles. The van der Waals surface area contributed by atoms with Gasteiger partial charge < -0.3 is 19.8 Å². The van der Waals surface area contributed by atoms with Crippen LogP contribution in [0.2, 0.25) is 0 Å². The number of aromatic amines is 1. The number of aryl methyl sites for hydroxylation is 1. The van der Waals surface area contributed by atoms with Crippen LogP contribution in [0.4, 0.5) is 4.79 Å². The summed E-state index contributed by atoms with van der Waals surface area (Å²) in [6.45, 7) is 7.29. The Morgan fingerprint density at radius 1 is 1.26 bits per heavy atom. The molecule has 0 saturated carbocycles. The number of carbonyl (C=O) groups is 1. The number of carbonyl (C=O) groups excluding carboxylic acids is 1. The molecule has 0 bridgehead atoms. The van der Waals surface area contributed by atoms with Gasteiger partial charge in [-0.2, -0.15) is 0 Å².